The summed E-state index contributed by atoms with van der Waals surface area (Å²) in [5.41, 5.74) is 0.464. The molecule has 3 rings (SSSR count). The molecule has 0 spiro atoms. The molecule has 1 aliphatic rings. The average Bonchev–Trinajstić information content (AvgIpc) is 3.00. The van der Waals surface area contributed by atoms with E-state index in [9.17, 15) is 14.7 Å². The van der Waals surface area contributed by atoms with Crippen LogP contribution in [-0.2, 0) is 9.59 Å². The summed E-state index contributed by atoms with van der Waals surface area (Å²) in [4.78, 5) is 26.1. The fraction of sp³-hybridized carbons (Fsp3) is 0.125. The quantitative estimate of drug-likeness (QED) is 0.884. The summed E-state index contributed by atoms with van der Waals surface area (Å²) in [6, 6.07) is 9.66. The van der Waals surface area contributed by atoms with Crippen molar-refractivity contribution in [2.75, 3.05) is 4.90 Å². The number of fused-ring (bicyclic) bond motifs is 1. The van der Waals surface area contributed by atoms with Crippen LogP contribution >= 0.6 is 11.3 Å². The van der Waals surface area contributed by atoms with Crippen LogP contribution in [0.4, 0.5) is 5.69 Å². The first-order valence-corrected chi connectivity index (χ1v) is 7.54. The Bertz CT molecular complexity index is 751. The van der Waals surface area contributed by atoms with E-state index >= 15 is 0 Å². The number of rotatable bonds is 3. The zero-order chi connectivity index (χ0) is 15.7. The Kier molecular flexibility index (Phi) is 3.68. The van der Waals surface area contributed by atoms with E-state index in [2.05, 4.69) is 0 Å². The first kappa shape index (κ1) is 14.3. The molecule has 6 heteroatoms. The Labute approximate surface area is 131 Å². The predicted molar refractivity (Wildman–Crippen MR) is 83.9 cm³/mol. The van der Waals surface area contributed by atoms with Gasteiger partial charge in [0, 0.05) is 11.0 Å². The minimum atomic E-state index is -1.07. The number of nitrogens with zero attached hydrogens (tertiary/aromatic N) is 1. The summed E-state index contributed by atoms with van der Waals surface area (Å²) in [6.45, 7) is 1.48. The SMILES string of the molecule is CC(C(=O)O)N1C(=O)/C(=C\c2cccs2)Oc2ccccc21. The largest absolute Gasteiger partial charge is 0.480 e. The van der Waals surface area contributed by atoms with Gasteiger partial charge in [-0.05, 0) is 30.5 Å². The maximum Gasteiger partial charge on any atom is 0.326 e. The number of ether oxygens (including phenoxy) is 1. The van der Waals surface area contributed by atoms with Gasteiger partial charge in [-0.2, -0.15) is 0 Å². The number of thiophene rings is 1. The molecular weight excluding hydrogens is 302 g/mol. The normalized spacial score (nSPS) is 17.0. The van der Waals surface area contributed by atoms with Crippen LogP contribution in [0.2, 0.25) is 0 Å². The molecule has 1 aromatic heterocycles. The van der Waals surface area contributed by atoms with Crippen molar-refractivity contribution in [1.29, 1.82) is 0 Å². The average molecular weight is 315 g/mol. The highest BCUT2D eigenvalue weighted by atomic mass is 32.1. The van der Waals surface area contributed by atoms with Gasteiger partial charge in [0.25, 0.3) is 5.91 Å². The van der Waals surface area contributed by atoms with E-state index in [1.165, 1.54) is 23.2 Å². The van der Waals surface area contributed by atoms with Crippen molar-refractivity contribution < 1.29 is 19.4 Å². The Hall–Kier alpha value is -2.60. The zero-order valence-corrected chi connectivity index (χ0v) is 12.5. The number of carbonyl (C=O) groups excluding carboxylic acids is 1. The van der Waals surface area contributed by atoms with Crippen molar-refractivity contribution in [2.45, 2.75) is 13.0 Å². The molecule has 1 N–H and O–H groups in total. The second-order valence-corrected chi connectivity index (χ2v) is 5.76. The number of amides is 1. The van der Waals surface area contributed by atoms with Crippen LogP contribution < -0.4 is 9.64 Å². The number of hydrogen-bond donors (Lipinski definition) is 1. The van der Waals surface area contributed by atoms with Crippen molar-refractivity contribution in [3.63, 3.8) is 0 Å². The number of para-hydroxylation sites is 2. The number of carboxylic acid groups (broad SMARTS) is 1. The molecule has 1 aliphatic heterocycles. The molecule has 5 nitrogen and oxygen atoms in total. The van der Waals surface area contributed by atoms with Gasteiger partial charge in [0.15, 0.2) is 11.5 Å². The van der Waals surface area contributed by atoms with Gasteiger partial charge in [-0.1, -0.05) is 18.2 Å². The molecule has 2 heterocycles. The lowest BCUT2D eigenvalue weighted by Crippen LogP contribution is -2.47. The number of carbonyl (C=O) groups is 2. The van der Waals surface area contributed by atoms with Gasteiger partial charge >= 0.3 is 5.97 Å². The van der Waals surface area contributed by atoms with Crippen LogP contribution in [0.5, 0.6) is 5.75 Å². The zero-order valence-electron chi connectivity index (χ0n) is 11.7. The van der Waals surface area contributed by atoms with Crippen molar-refractivity contribution in [2.24, 2.45) is 0 Å². The summed E-state index contributed by atoms with van der Waals surface area (Å²) < 4.78 is 5.66. The molecule has 1 aromatic carbocycles. The third-order valence-corrected chi connectivity index (χ3v) is 4.15. The highest BCUT2D eigenvalue weighted by Crippen LogP contribution is 2.37. The lowest BCUT2D eigenvalue weighted by molar-refractivity contribution is -0.139. The second kappa shape index (κ2) is 5.65. The van der Waals surface area contributed by atoms with Crippen LogP contribution in [0.3, 0.4) is 0 Å². The Morgan fingerprint density at radius 3 is 2.77 bits per heavy atom. The van der Waals surface area contributed by atoms with Crippen LogP contribution in [0.15, 0.2) is 47.5 Å². The van der Waals surface area contributed by atoms with E-state index in [4.69, 9.17) is 4.74 Å². The summed E-state index contributed by atoms with van der Waals surface area (Å²) in [5, 5.41) is 11.2. The van der Waals surface area contributed by atoms with E-state index in [0.29, 0.717) is 11.4 Å². The Morgan fingerprint density at radius 2 is 2.09 bits per heavy atom. The highest BCUT2D eigenvalue weighted by molar-refractivity contribution is 7.10. The third-order valence-electron chi connectivity index (χ3n) is 3.34. The summed E-state index contributed by atoms with van der Waals surface area (Å²) in [6.07, 6.45) is 1.63. The van der Waals surface area contributed by atoms with Crippen LogP contribution in [0.25, 0.3) is 6.08 Å². The van der Waals surface area contributed by atoms with Gasteiger partial charge in [-0.3, -0.25) is 9.69 Å². The number of carboxylic acids is 1. The lowest BCUT2D eigenvalue weighted by atomic mass is 10.1. The molecule has 0 aliphatic carbocycles. The van der Waals surface area contributed by atoms with E-state index < -0.39 is 17.9 Å². The molecule has 1 amide bonds. The van der Waals surface area contributed by atoms with E-state index in [0.717, 1.165) is 4.88 Å². The molecule has 2 aromatic rings. The maximum atomic E-state index is 12.6. The minimum absolute atomic E-state index is 0.120. The lowest BCUT2D eigenvalue weighted by Gasteiger charge is -2.32. The summed E-state index contributed by atoms with van der Waals surface area (Å²) in [7, 11) is 0. The van der Waals surface area contributed by atoms with Crippen molar-refractivity contribution in [1.82, 2.24) is 0 Å². The highest BCUT2D eigenvalue weighted by Gasteiger charge is 2.36. The number of benzene rings is 1. The molecule has 22 heavy (non-hydrogen) atoms. The molecule has 0 saturated heterocycles. The van der Waals surface area contributed by atoms with E-state index in [1.54, 1.807) is 30.3 Å². The van der Waals surface area contributed by atoms with Gasteiger partial charge in [0.05, 0.1) is 5.69 Å². The fourth-order valence-corrected chi connectivity index (χ4v) is 2.87. The first-order chi connectivity index (χ1) is 10.6. The van der Waals surface area contributed by atoms with Crippen LogP contribution in [0, 0.1) is 0 Å². The maximum absolute atomic E-state index is 12.6. The second-order valence-electron chi connectivity index (χ2n) is 4.78. The first-order valence-electron chi connectivity index (χ1n) is 6.66. The van der Waals surface area contributed by atoms with Crippen LogP contribution in [-0.4, -0.2) is 23.0 Å². The number of anilines is 1. The number of aliphatic carboxylic acids is 1. The topological polar surface area (TPSA) is 66.8 Å². The standard InChI is InChI=1S/C16H13NO4S/c1-10(16(19)20)17-12-6-2-3-7-13(12)21-14(15(17)18)9-11-5-4-8-22-11/h2-10H,1H3,(H,19,20)/b14-9+. The molecular formula is C16H13NO4S. The molecule has 0 fully saturated rings. The molecule has 0 radical (unpaired) electrons. The van der Waals surface area contributed by atoms with Gasteiger partial charge in [0.1, 0.15) is 6.04 Å². The van der Waals surface area contributed by atoms with E-state index in [-0.39, 0.29) is 5.76 Å². The van der Waals surface area contributed by atoms with Gasteiger partial charge in [-0.15, -0.1) is 11.3 Å². The van der Waals surface area contributed by atoms with Crippen LogP contribution in [0.1, 0.15) is 11.8 Å². The summed E-state index contributed by atoms with van der Waals surface area (Å²) in [5.74, 6) is -0.935. The Balaban J connectivity index is 2.08. The fourth-order valence-electron chi connectivity index (χ4n) is 2.22. The predicted octanol–water partition coefficient (Wildman–Crippen LogP) is 2.99. The monoisotopic (exact) mass is 315 g/mol. The van der Waals surface area contributed by atoms with E-state index in [1.807, 2.05) is 17.5 Å². The molecule has 112 valence electrons. The molecule has 1 atom stereocenters. The van der Waals surface area contributed by atoms with Crippen molar-refractivity contribution in [3.8, 4) is 5.75 Å². The van der Waals surface area contributed by atoms with Crippen molar-refractivity contribution in [3.05, 3.63) is 52.4 Å². The number of hydrogen-bond acceptors (Lipinski definition) is 4. The molecule has 1 unspecified atom stereocenters. The third kappa shape index (κ3) is 2.48. The minimum Gasteiger partial charge on any atom is -0.480 e. The van der Waals surface area contributed by atoms with Gasteiger partial charge in [0.2, 0.25) is 0 Å². The molecule has 0 saturated carbocycles. The van der Waals surface area contributed by atoms with Crippen molar-refractivity contribution >= 4 is 35.0 Å². The van der Waals surface area contributed by atoms with Gasteiger partial charge in [-0.25, -0.2) is 4.79 Å². The Morgan fingerprint density at radius 1 is 1.32 bits per heavy atom. The smallest absolute Gasteiger partial charge is 0.326 e. The summed E-state index contributed by atoms with van der Waals surface area (Å²) >= 11 is 1.47. The van der Waals surface area contributed by atoms with Gasteiger partial charge < -0.3 is 9.84 Å². The molecule has 0 bridgehead atoms.